The number of carbonyl (C=O) groups is 2. The van der Waals surface area contributed by atoms with Crippen LogP contribution in [0, 0.1) is 13.8 Å². The molecule has 0 radical (unpaired) electrons. The van der Waals surface area contributed by atoms with Gasteiger partial charge in [0, 0.05) is 12.6 Å². The summed E-state index contributed by atoms with van der Waals surface area (Å²) in [5.41, 5.74) is 3.15. The lowest BCUT2D eigenvalue weighted by Gasteiger charge is -2.33. The number of hydrogen-bond donors (Lipinski definition) is 1. The summed E-state index contributed by atoms with van der Waals surface area (Å²) in [5.74, 6) is -0.675. The molecule has 1 aliphatic rings. The van der Waals surface area contributed by atoms with Crippen molar-refractivity contribution in [2.24, 2.45) is 0 Å². The number of hydrogen-bond acceptors (Lipinski definition) is 4. The molecule has 0 aromatic heterocycles. The van der Waals surface area contributed by atoms with E-state index in [9.17, 15) is 18.0 Å². The molecule has 0 spiro atoms. The standard InChI is InChI=1S/C32H39N3O4S/c1-24-14-18-29(19-15-24)35(40(38,39)30-20-16-25(2)17-21-30)23-31(36)34(22-27-10-6-4-7-11-27)26(3)32(37)33-28-12-8-5-9-13-28/h4,6-7,10-11,14-21,26,28H,5,8-9,12-13,22-23H2,1-3H3,(H,33,37). The first-order valence-corrected chi connectivity index (χ1v) is 15.4. The molecule has 7 nitrogen and oxygen atoms in total. The second kappa shape index (κ2) is 13.1. The lowest BCUT2D eigenvalue weighted by atomic mass is 9.95. The van der Waals surface area contributed by atoms with Crippen LogP contribution >= 0.6 is 0 Å². The van der Waals surface area contributed by atoms with Crippen LogP contribution in [0.25, 0.3) is 0 Å². The van der Waals surface area contributed by atoms with Crippen molar-refractivity contribution in [1.29, 1.82) is 0 Å². The quantitative estimate of drug-likeness (QED) is 0.361. The van der Waals surface area contributed by atoms with Crippen LogP contribution in [0.2, 0.25) is 0 Å². The normalized spacial score (nSPS) is 14.8. The Morgan fingerprint density at radius 2 is 1.43 bits per heavy atom. The van der Waals surface area contributed by atoms with Gasteiger partial charge in [0.2, 0.25) is 11.8 Å². The molecule has 8 heteroatoms. The number of nitrogens with zero attached hydrogens (tertiary/aromatic N) is 2. The van der Waals surface area contributed by atoms with Gasteiger partial charge in [-0.2, -0.15) is 0 Å². The van der Waals surface area contributed by atoms with Crippen molar-refractivity contribution in [2.75, 3.05) is 10.8 Å². The molecule has 1 N–H and O–H groups in total. The molecular weight excluding hydrogens is 522 g/mol. The number of amides is 2. The Bertz CT molecular complexity index is 1380. The van der Waals surface area contributed by atoms with Gasteiger partial charge < -0.3 is 10.2 Å². The first-order chi connectivity index (χ1) is 19.1. The zero-order valence-corrected chi connectivity index (χ0v) is 24.4. The van der Waals surface area contributed by atoms with Crippen molar-refractivity contribution in [1.82, 2.24) is 10.2 Å². The minimum atomic E-state index is -4.07. The van der Waals surface area contributed by atoms with E-state index in [1.165, 1.54) is 11.3 Å². The minimum Gasteiger partial charge on any atom is -0.352 e. The number of rotatable bonds is 10. The van der Waals surface area contributed by atoms with Gasteiger partial charge in [-0.05, 0) is 63.4 Å². The Labute approximate surface area is 238 Å². The maximum absolute atomic E-state index is 14.0. The highest BCUT2D eigenvalue weighted by Gasteiger charge is 2.33. The largest absolute Gasteiger partial charge is 0.352 e. The fourth-order valence-electron chi connectivity index (χ4n) is 5.01. The van der Waals surface area contributed by atoms with Gasteiger partial charge in [-0.25, -0.2) is 8.42 Å². The molecule has 3 aromatic carbocycles. The van der Waals surface area contributed by atoms with E-state index in [1.54, 1.807) is 43.3 Å². The van der Waals surface area contributed by atoms with Gasteiger partial charge in [0.25, 0.3) is 10.0 Å². The zero-order valence-electron chi connectivity index (χ0n) is 23.5. The van der Waals surface area contributed by atoms with Gasteiger partial charge in [0.05, 0.1) is 10.6 Å². The van der Waals surface area contributed by atoms with Gasteiger partial charge in [0.15, 0.2) is 0 Å². The second-order valence-corrected chi connectivity index (χ2v) is 12.5. The molecule has 4 rings (SSSR count). The van der Waals surface area contributed by atoms with E-state index in [1.807, 2.05) is 56.3 Å². The first-order valence-electron chi connectivity index (χ1n) is 13.9. The molecule has 1 fully saturated rings. The lowest BCUT2D eigenvalue weighted by Crippen LogP contribution is -2.53. The summed E-state index contributed by atoms with van der Waals surface area (Å²) >= 11 is 0. The summed E-state index contributed by atoms with van der Waals surface area (Å²) in [4.78, 5) is 28.9. The van der Waals surface area contributed by atoms with Crippen LogP contribution < -0.4 is 9.62 Å². The van der Waals surface area contributed by atoms with Crippen molar-refractivity contribution < 1.29 is 18.0 Å². The number of anilines is 1. The molecule has 3 aromatic rings. The van der Waals surface area contributed by atoms with E-state index in [0.717, 1.165) is 46.7 Å². The summed E-state index contributed by atoms with van der Waals surface area (Å²) in [6.45, 7) is 5.27. The summed E-state index contributed by atoms with van der Waals surface area (Å²) in [6, 6.07) is 22.4. The predicted octanol–water partition coefficient (Wildman–Crippen LogP) is 5.36. The van der Waals surface area contributed by atoms with Crippen LogP contribution in [-0.4, -0.2) is 43.8 Å². The molecule has 212 valence electrons. The van der Waals surface area contributed by atoms with Crippen LogP contribution in [0.1, 0.15) is 55.7 Å². The van der Waals surface area contributed by atoms with Gasteiger partial charge in [-0.15, -0.1) is 0 Å². The highest BCUT2D eigenvalue weighted by Crippen LogP contribution is 2.25. The highest BCUT2D eigenvalue weighted by molar-refractivity contribution is 7.92. The smallest absolute Gasteiger partial charge is 0.264 e. The summed E-state index contributed by atoms with van der Waals surface area (Å²) in [5, 5.41) is 3.13. The number of aryl methyl sites for hydroxylation is 2. The van der Waals surface area contributed by atoms with Crippen molar-refractivity contribution in [3.63, 3.8) is 0 Å². The molecule has 1 saturated carbocycles. The van der Waals surface area contributed by atoms with Crippen molar-refractivity contribution in [3.8, 4) is 0 Å². The third kappa shape index (κ3) is 7.30. The Kier molecular flexibility index (Phi) is 9.63. The third-order valence-electron chi connectivity index (χ3n) is 7.52. The van der Waals surface area contributed by atoms with E-state index in [2.05, 4.69) is 5.32 Å². The number of carbonyl (C=O) groups excluding carboxylic acids is 2. The molecule has 1 atom stereocenters. The summed E-state index contributed by atoms with van der Waals surface area (Å²) in [7, 11) is -4.07. The molecule has 0 saturated heterocycles. The van der Waals surface area contributed by atoms with Crippen LogP contribution in [0.4, 0.5) is 5.69 Å². The molecule has 1 aliphatic carbocycles. The second-order valence-electron chi connectivity index (χ2n) is 10.7. The van der Waals surface area contributed by atoms with Crippen LogP contribution in [0.15, 0.2) is 83.8 Å². The maximum Gasteiger partial charge on any atom is 0.264 e. The molecule has 1 unspecified atom stereocenters. The van der Waals surface area contributed by atoms with Crippen LogP contribution in [0.3, 0.4) is 0 Å². The van der Waals surface area contributed by atoms with E-state index in [4.69, 9.17) is 0 Å². The first kappa shape index (κ1) is 29.3. The van der Waals surface area contributed by atoms with Crippen molar-refractivity contribution in [2.45, 2.75) is 76.4 Å². The number of sulfonamides is 1. The Morgan fingerprint density at radius 1 is 0.850 bits per heavy atom. The third-order valence-corrected chi connectivity index (χ3v) is 9.31. The fraction of sp³-hybridized carbons (Fsp3) is 0.375. The average molecular weight is 562 g/mol. The van der Waals surface area contributed by atoms with Gasteiger partial charge >= 0.3 is 0 Å². The van der Waals surface area contributed by atoms with Crippen LogP contribution in [-0.2, 0) is 26.2 Å². The Morgan fingerprint density at radius 3 is 2.02 bits per heavy atom. The summed E-state index contributed by atoms with van der Waals surface area (Å²) in [6.07, 6.45) is 5.19. The molecular formula is C32H39N3O4S. The van der Waals surface area contributed by atoms with Crippen LogP contribution in [0.5, 0.6) is 0 Å². The van der Waals surface area contributed by atoms with Gasteiger partial charge in [0.1, 0.15) is 12.6 Å². The maximum atomic E-state index is 14.0. The predicted molar refractivity (Wildman–Crippen MR) is 158 cm³/mol. The Balaban J connectivity index is 1.65. The monoisotopic (exact) mass is 561 g/mol. The fourth-order valence-corrected chi connectivity index (χ4v) is 6.42. The highest BCUT2D eigenvalue weighted by atomic mass is 32.2. The number of benzene rings is 3. The molecule has 2 amide bonds. The minimum absolute atomic E-state index is 0.100. The van der Waals surface area contributed by atoms with E-state index in [-0.39, 0.29) is 23.4 Å². The summed E-state index contributed by atoms with van der Waals surface area (Å²) < 4.78 is 28.9. The lowest BCUT2D eigenvalue weighted by molar-refractivity contribution is -0.139. The van der Waals surface area contributed by atoms with E-state index in [0.29, 0.717) is 5.69 Å². The molecule has 40 heavy (non-hydrogen) atoms. The van der Waals surface area contributed by atoms with Crippen molar-refractivity contribution >= 4 is 27.5 Å². The van der Waals surface area contributed by atoms with Gasteiger partial charge in [-0.3, -0.25) is 13.9 Å². The number of nitrogens with one attached hydrogen (secondary N) is 1. The van der Waals surface area contributed by atoms with Gasteiger partial charge in [-0.1, -0.05) is 85.0 Å². The molecule has 0 heterocycles. The van der Waals surface area contributed by atoms with E-state index >= 15 is 0 Å². The van der Waals surface area contributed by atoms with Crippen molar-refractivity contribution in [3.05, 3.63) is 95.6 Å². The van der Waals surface area contributed by atoms with E-state index < -0.39 is 28.5 Å². The molecule has 0 bridgehead atoms. The Hall–Kier alpha value is -3.65. The molecule has 0 aliphatic heterocycles. The SMILES string of the molecule is Cc1ccc(N(CC(=O)N(Cc2ccccc2)C(C)C(=O)NC2CCCCC2)S(=O)(=O)c2ccc(C)cc2)cc1. The zero-order chi connectivity index (χ0) is 28.7. The average Bonchev–Trinajstić information content (AvgIpc) is 2.96. The topological polar surface area (TPSA) is 86.8 Å².